The number of amides is 1. The summed E-state index contributed by atoms with van der Waals surface area (Å²) in [5, 5.41) is 13.7. The van der Waals surface area contributed by atoms with Gasteiger partial charge in [-0.1, -0.05) is 12.1 Å². The van der Waals surface area contributed by atoms with Gasteiger partial charge in [0, 0.05) is 44.8 Å². The molecule has 0 spiro atoms. The quantitative estimate of drug-likeness (QED) is 0.932. The van der Waals surface area contributed by atoms with E-state index in [2.05, 4.69) is 5.10 Å². The van der Waals surface area contributed by atoms with E-state index in [0.717, 1.165) is 5.56 Å². The molecule has 0 aliphatic carbocycles. The molecule has 5 nitrogen and oxygen atoms in total. The first-order chi connectivity index (χ1) is 10.6. The molecular formula is C16H18FN3O2. The van der Waals surface area contributed by atoms with Crippen molar-refractivity contribution in [2.24, 2.45) is 13.0 Å². The number of hydrogen-bond acceptors (Lipinski definition) is 3. The lowest BCUT2D eigenvalue weighted by molar-refractivity contribution is 0.0776. The van der Waals surface area contributed by atoms with Gasteiger partial charge in [0.05, 0.1) is 11.8 Å². The van der Waals surface area contributed by atoms with Crippen LogP contribution in [0.15, 0.2) is 36.7 Å². The maximum absolute atomic E-state index is 13.8. The monoisotopic (exact) mass is 303 g/mol. The zero-order chi connectivity index (χ0) is 15.7. The number of carbonyl (C=O) groups is 1. The molecule has 1 amide bonds. The number of likely N-dealkylation sites (tertiary alicyclic amines) is 1. The minimum absolute atomic E-state index is 0.0133. The minimum atomic E-state index is -0.516. The van der Waals surface area contributed by atoms with Crippen molar-refractivity contribution >= 4 is 5.91 Å². The number of benzene rings is 1. The van der Waals surface area contributed by atoms with Gasteiger partial charge in [0.15, 0.2) is 0 Å². The highest BCUT2D eigenvalue weighted by molar-refractivity contribution is 5.94. The van der Waals surface area contributed by atoms with Crippen molar-refractivity contribution in [2.45, 2.75) is 5.92 Å². The molecule has 1 aromatic carbocycles. The molecule has 116 valence electrons. The van der Waals surface area contributed by atoms with E-state index in [9.17, 15) is 14.3 Å². The van der Waals surface area contributed by atoms with E-state index >= 15 is 0 Å². The van der Waals surface area contributed by atoms with Crippen LogP contribution in [0.5, 0.6) is 0 Å². The van der Waals surface area contributed by atoms with Crippen LogP contribution in [0.25, 0.3) is 0 Å². The van der Waals surface area contributed by atoms with Gasteiger partial charge in [-0.15, -0.1) is 0 Å². The topological polar surface area (TPSA) is 58.4 Å². The lowest BCUT2D eigenvalue weighted by atomic mass is 9.92. The average molecular weight is 303 g/mol. The fraction of sp³-hybridized carbons (Fsp3) is 0.375. The predicted molar refractivity (Wildman–Crippen MR) is 78.8 cm³/mol. The Morgan fingerprint density at radius 3 is 2.82 bits per heavy atom. The van der Waals surface area contributed by atoms with Crippen LogP contribution in [0.2, 0.25) is 0 Å². The lowest BCUT2D eigenvalue weighted by Crippen LogP contribution is -2.30. The summed E-state index contributed by atoms with van der Waals surface area (Å²) < 4.78 is 15.5. The zero-order valence-corrected chi connectivity index (χ0v) is 12.3. The van der Waals surface area contributed by atoms with Gasteiger partial charge in [-0.05, 0) is 17.7 Å². The van der Waals surface area contributed by atoms with E-state index in [1.54, 1.807) is 27.9 Å². The number of aliphatic hydroxyl groups is 1. The highest BCUT2D eigenvalue weighted by Gasteiger charge is 2.37. The maximum atomic E-state index is 13.8. The predicted octanol–water partition coefficient (Wildman–Crippen LogP) is 1.41. The standard InChI is InChI=1S/C16H18FN3O2/c1-19-7-11(6-18-19)14-9-20(8-12(14)10-21)16(22)13-4-2-3-5-15(13)17/h2-7,12,14,21H,8-10H2,1H3/t12-,14-/m0/s1. The van der Waals surface area contributed by atoms with E-state index in [-0.39, 0.29) is 29.9 Å². The Morgan fingerprint density at radius 1 is 1.41 bits per heavy atom. The molecule has 1 fully saturated rings. The van der Waals surface area contributed by atoms with E-state index in [1.807, 2.05) is 13.2 Å². The number of nitrogens with zero attached hydrogens (tertiary/aromatic N) is 3. The van der Waals surface area contributed by atoms with Crippen molar-refractivity contribution in [3.8, 4) is 0 Å². The van der Waals surface area contributed by atoms with Crippen LogP contribution in [0, 0.1) is 11.7 Å². The second-order valence-electron chi connectivity index (χ2n) is 5.69. The first kappa shape index (κ1) is 14.7. The molecule has 2 aromatic rings. The van der Waals surface area contributed by atoms with Crippen LogP contribution < -0.4 is 0 Å². The fourth-order valence-electron chi connectivity index (χ4n) is 3.04. The van der Waals surface area contributed by atoms with Crippen molar-refractivity contribution in [2.75, 3.05) is 19.7 Å². The van der Waals surface area contributed by atoms with Crippen LogP contribution in [-0.4, -0.2) is 45.4 Å². The van der Waals surface area contributed by atoms with Crippen molar-refractivity contribution in [3.05, 3.63) is 53.6 Å². The van der Waals surface area contributed by atoms with Gasteiger partial charge in [0.25, 0.3) is 5.91 Å². The molecule has 0 bridgehead atoms. The van der Waals surface area contributed by atoms with Gasteiger partial charge in [-0.25, -0.2) is 4.39 Å². The van der Waals surface area contributed by atoms with Crippen molar-refractivity contribution < 1.29 is 14.3 Å². The Balaban J connectivity index is 1.82. The van der Waals surface area contributed by atoms with Gasteiger partial charge in [0.2, 0.25) is 0 Å². The summed E-state index contributed by atoms with van der Waals surface area (Å²) in [6, 6.07) is 5.98. The number of halogens is 1. The molecule has 22 heavy (non-hydrogen) atoms. The molecule has 2 atom stereocenters. The molecular weight excluding hydrogens is 285 g/mol. The molecule has 6 heteroatoms. The summed E-state index contributed by atoms with van der Waals surface area (Å²) in [5.74, 6) is -0.879. The van der Waals surface area contributed by atoms with Gasteiger partial charge in [-0.2, -0.15) is 5.10 Å². The molecule has 1 aliphatic heterocycles. The third-order valence-corrected chi connectivity index (χ3v) is 4.22. The van der Waals surface area contributed by atoms with Crippen LogP contribution in [0.1, 0.15) is 21.8 Å². The number of rotatable bonds is 3. The molecule has 0 saturated carbocycles. The first-order valence-electron chi connectivity index (χ1n) is 7.23. The normalized spacial score (nSPS) is 21.3. The number of hydrogen-bond donors (Lipinski definition) is 1. The smallest absolute Gasteiger partial charge is 0.256 e. The third-order valence-electron chi connectivity index (χ3n) is 4.22. The summed E-state index contributed by atoms with van der Waals surface area (Å²) >= 11 is 0. The van der Waals surface area contributed by atoms with Crippen LogP contribution in [-0.2, 0) is 7.05 Å². The highest BCUT2D eigenvalue weighted by atomic mass is 19.1. The average Bonchev–Trinajstić information content (AvgIpc) is 3.12. The Kier molecular flexibility index (Phi) is 3.94. The van der Waals surface area contributed by atoms with Gasteiger partial charge in [0.1, 0.15) is 5.82 Å². The molecule has 3 rings (SSSR count). The molecule has 1 aliphatic rings. The number of aliphatic hydroxyl groups excluding tert-OH is 1. The van der Waals surface area contributed by atoms with E-state index < -0.39 is 5.82 Å². The SMILES string of the molecule is Cn1cc([C@@H]2CN(C(=O)c3ccccc3F)C[C@H]2CO)cn1. The van der Waals surface area contributed by atoms with Gasteiger partial charge < -0.3 is 10.0 Å². The molecule has 1 saturated heterocycles. The molecule has 1 N–H and O–H groups in total. The van der Waals surface area contributed by atoms with E-state index in [0.29, 0.717) is 13.1 Å². The largest absolute Gasteiger partial charge is 0.396 e. The van der Waals surface area contributed by atoms with Crippen molar-refractivity contribution in [1.82, 2.24) is 14.7 Å². The molecule has 0 radical (unpaired) electrons. The number of aromatic nitrogens is 2. The Morgan fingerprint density at radius 2 is 2.18 bits per heavy atom. The van der Waals surface area contributed by atoms with Crippen molar-refractivity contribution in [1.29, 1.82) is 0 Å². The minimum Gasteiger partial charge on any atom is -0.396 e. The fourth-order valence-corrected chi connectivity index (χ4v) is 3.04. The Bertz CT molecular complexity index is 686. The third kappa shape index (κ3) is 2.62. The van der Waals surface area contributed by atoms with E-state index in [1.165, 1.54) is 12.1 Å². The van der Waals surface area contributed by atoms with Crippen LogP contribution in [0.3, 0.4) is 0 Å². The number of carbonyl (C=O) groups excluding carboxylic acids is 1. The van der Waals surface area contributed by atoms with E-state index in [4.69, 9.17) is 0 Å². The first-order valence-corrected chi connectivity index (χ1v) is 7.23. The summed E-state index contributed by atoms with van der Waals surface area (Å²) in [6.07, 6.45) is 3.65. The molecule has 1 aromatic heterocycles. The zero-order valence-electron chi connectivity index (χ0n) is 12.3. The summed E-state index contributed by atoms with van der Waals surface area (Å²) in [5.41, 5.74) is 1.07. The molecule has 2 heterocycles. The summed E-state index contributed by atoms with van der Waals surface area (Å²) in [4.78, 5) is 14.1. The summed E-state index contributed by atoms with van der Waals surface area (Å²) in [7, 11) is 1.83. The number of aryl methyl sites for hydroxylation is 1. The molecule has 0 unspecified atom stereocenters. The van der Waals surface area contributed by atoms with Crippen LogP contribution in [0.4, 0.5) is 4.39 Å². The maximum Gasteiger partial charge on any atom is 0.256 e. The van der Waals surface area contributed by atoms with Crippen LogP contribution >= 0.6 is 0 Å². The highest BCUT2D eigenvalue weighted by Crippen LogP contribution is 2.33. The second kappa shape index (κ2) is 5.88. The van der Waals surface area contributed by atoms with Gasteiger partial charge in [-0.3, -0.25) is 9.48 Å². The van der Waals surface area contributed by atoms with Crippen molar-refractivity contribution in [3.63, 3.8) is 0 Å². The summed E-state index contributed by atoms with van der Waals surface area (Å²) in [6.45, 7) is 0.869. The van der Waals surface area contributed by atoms with Gasteiger partial charge >= 0.3 is 0 Å². The Hall–Kier alpha value is -2.21. The lowest BCUT2D eigenvalue weighted by Gasteiger charge is -2.16. The second-order valence-corrected chi connectivity index (χ2v) is 5.69. The Labute approximate surface area is 128 Å².